The molecule has 0 bridgehead atoms. The summed E-state index contributed by atoms with van der Waals surface area (Å²) in [5.41, 5.74) is 10.3. The number of amides is 4. The molecule has 0 saturated carbocycles. The molecule has 6 N–H and O–H groups in total. The summed E-state index contributed by atoms with van der Waals surface area (Å²) >= 11 is 1.68. The Bertz CT molecular complexity index is 2060. The number of phenolic OH excluding ortho intramolecular Hbond substituents is 1. The Morgan fingerprint density at radius 1 is 0.982 bits per heavy atom. The van der Waals surface area contributed by atoms with E-state index in [1.54, 1.807) is 46.6 Å². The van der Waals surface area contributed by atoms with Gasteiger partial charge >= 0.3 is 0 Å². The zero-order chi connectivity index (χ0) is 40.1. The summed E-state index contributed by atoms with van der Waals surface area (Å²) in [5.74, 6) is -1.17. The number of nitrogens with zero attached hydrogens (tertiary/aromatic N) is 5. The summed E-state index contributed by atoms with van der Waals surface area (Å²) in [6.45, 7) is 9.52. The number of carbonyl (C=O) groups excluding carboxylic acids is 4. The molecule has 14 nitrogen and oxygen atoms in total. The number of hydrogen-bond acceptors (Lipinski definition) is 11. The highest BCUT2D eigenvalue weighted by molar-refractivity contribution is 7.13. The number of nitrogens with one attached hydrogen (secondary N) is 2. The lowest BCUT2D eigenvalue weighted by Crippen LogP contribution is -2.57. The molecule has 4 aromatic rings. The molecular formula is C41H50N8O6S. The number of aliphatic hydroxyl groups excluding tert-OH is 1. The Labute approximate surface area is 330 Å². The SMILES string of the molecule is Cc1ccsc1-c1ccc(CNC(=O)[C@@H]2C[C@@H](O)CN2C(=O)[C@@H](NC(=O)CCC(=O)N2CCN(c3cc(-c4ccccc4O)nnc3N)CC2)C(C)(C)C)cc1. The number of nitrogens with two attached hydrogens (primary N) is 1. The molecule has 0 spiro atoms. The third-order valence-corrected chi connectivity index (χ3v) is 11.4. The van der Waals surface area contributed by atoms with E-state index in [1.807, 2.05) is 49.9 Å². The first-order valence-electron chi connectivity index (χ1n) is 18.8. The Balaban J connectivity index is 1.00. The van der Waals surface area contributed by atoms with E-state index in [4.69, 9.17) is 5.73 Å². The lowest BCUT2D eigenvalue weighted by atomic mass is 9.85. The maximum absolute atomic E-state index is 14.0. The Hall–Kier alpha value is -5.54. The number of phenols is 1. The number of likely N-dealkylation sites (tertiary alicyclic amines) is 1. The Morgan fingerprint density at radius 2 is 1.70 bits per heavy atom. The first-order valence-corrected chi connectivity index (χ1v) is 19.7. The number of aromatic nitrogens is 2. The van der Waals surface area contributed by atoms with Crippen molar-refractivity contribution in [3.63, 3.8) is 0 Å². The maximum atomic E-state index is 14.0. The van der Waals surface area contributed by atoms with Crippen molar-refractivity contribution in [2.75, 3.05) is 43.4 Å². The number of β-amino-alcohol motifs (C(OH)–C–C–N with tert-alkyl or cyclic N) is 1. The van der Waals surface area contributed by atoms with Gasteiger partial charge in [0.25, 0.3) is 0 Å². The zero-order valence-corrected chi connectivity index (χ0v) is 33.0. The van der Waals surface area contributed by atoms with Gasteiger partial charge in [0.2, 0.25) is 23.6 Å². The molecule has 296 valence electrons. The van der Waals surface area contributed by atoms with Crippen LogP contribution in [0, 0.1) is 12.3 Å². The third-order valence-electron chi connectivity index (χ3n) is 10.3. The van der Waals surface area contributed by atoms with Crippen molar-refractivity contribution in [3.8, 4) is 27.4 Å². The Morgan fingerprint density at radius 3 is 2.36 bits per heavy atom. The molecule has 2 aromatic heterocycles. The van der Waals surface area contributed by atoms with Crippen LogP contribution in [0.4, 0.5) is 11.5 Å². The number of anilines is 2. The van der Waals surface area contributed by atoms with Gasteiger partial charge in [0.05, 0.1) is 17.5 Å². The summed E-state index contributed by atoms with van der Waals surface area (Å²) < 4.78 is 0. The second kappa shape index (κ2) is 17.1. The van der Waals surface area contributed by atoms with Crippen molar-refractivity contribution in [2.45, 2.75) is 71.7 Å². The molecule has 2 aliphatic rings. The number of para-hydroxylation sites is 1. The quantitative estimate of drug-likeness (QED) is 0.150. The number of aliphatic hydroxyl groups is 1. The highest BCUT2D eigenvalue weighted by atomic mass is 32.1. The normalized spacial score (nSPS) is 17.8. The highest BCUT2D eigenvalue weighted by Gasteiger charge is 2.44. The number of nitrogen functional groups attached to an aromatic ring is 1. The lowest BCUT2D eigenvalue weighted by molar-refractivity contribution is -0.144. The second-order valence-electron chi connectivity index (χ2n) is 15.5. The number of carbonyl (C=O) groups is 4. The number of benzene rings is 2. The van der Waals surface area contributed by atoms with Gasteiger partial charge in [-0.15, -0.1) is 21.5 Å². The fraction of sp³-hybridized carbons (Fsp3) is 0.415. The molecule has 2 aromatic carbocycles. The second-order valence-corrected chi connectivity index (χ2v) is 16.4. The van der Waals surface area contributed by atoms with Gasteiger partial charge in [0, 0.05) is 69.0 Å². The summed E-state index contributed by atoms with van der Waals surface area (Å²) in [5, 5.41) is 36.9. The van der Waals surface area contributed by atoms with Crippen LogP contribution in [-0.2, 0) is 25.7 Å². The van der Waals surface area contributed by atoms with E-state index in [0.29, 0.717) is 43.1 Å². The molecule has 6 rings (SSSR count). The van der Waals surface area contributed by atoms with Gasteiger partial charge in [-0.25, -0.2) is 0 Å². The van der Waals surface area contributed by atoms with Crippen LogP contribution in [0.2, 0.25) is 0 Å². The Kier molecular flexibility index (Phi) is 12.2. The molecule has 0 radical (unpaired) electrons. The van der Waals surface area contributed by atoms with Crippen molar-refractivity contribution < 1.29 is 29.4 Å². The average Bonchev–Trinajstić information content (AvgIpc) is 3.80. The molecule has 4 amide bonds. The number of hydrogen-bond donors (Lipinski definition) is 5. The van der Waals surface area contributed by atoms with Gasteiger partial charge in [-0.3, -0.25) is 19.2 Å². The first-order chi connectivity index (χ1) is 26.7. The van der Waals surface area contributed by atoms with E-state index < -0.39 is 35.4 Å². The summed E-state index contributed by atoms with van der Waals surface area (Å²) in [6.07, 6.45) is -0.971. The molecule has 2 fully saturated rings. The number of aryl methyl sites for hydroxylation is 1. The summed E-state index contributed by atoms with van der Waals surface area (Å²) in [7, 11) is 0. The molecule has 0 aliphatic carbocycles. The van der Waals surface area contributed by atoms with E-state index in [-0.39, 0.29) is 55.7 Å². The molecule has 0 unspecified atom stereocenters. The molecular weight excluding hydrogens is 733 g/mol. The van der Waals surface area contributed by atoms with E-state index in [2.05, 4.69) is 39.2 Å². The molecule has 2 saturated heterocycles. The standard InChI is InChI=1S/C41H50N8O6S/c1-25-15-20-56-36(25)27-11-9-26(10-12-27)23-43-39(54)32-21-28(50)24-49(32)40(55)37(41(2,3)4)44-34(52)13-14-35(53)48-18-16-47(17-19-48)31-22-30(45-46-38(31)42)29-7-5-6-8-33(29)51/h5-12,15,20,22,28,32,37,50-51H,13-14,16-19,21,23-24H2,1-4H3,(H2,42,46)(H,43,54)(H,44,52)/t28-,32+,37-/m1/s1. The van der Waals surface area contributed by atoms with Crippen molar-refractivity contribution in [1.82, 2.24) is 30.6 Å². The first kappa shape index (κ1) is 40.1. The monoisotopic (exact) mass is 782 g/mol. The van der Waals surface area contributed by atoms with Gasteiger partial charge in [-0.05, 0) is 58.7 Å². The van der Waals surface area contributed by atoms with Crippen LogP contribution in [0.3, 0.4) is 0 Å². The van der Waals surface area contributed by atoms with Crippen molar-refractivity contribution in [1.29, 1.82) is 0 Å². The van der Waals surface area contributed by atoms with E-state index in [9.17, 15) is 29.4 Å². The lowest BCUT2D eigenvalue weighted by Gasteiger charge is -2.36. The van der Waals surface area contributed by atoms with Crippen LogP contribution >= 0.6 is 11.3 Å². The van der Waals surface area contributed by atoms with Gasteiger partial charge in [0.15, 0.2) is 5.82 Å². The van der Waals surface area contributed by atoms with Gasteiger partial charge in [-0.2, -0.15) is 0 Å². The minimum Gasteiger partial charge on any atom is -0.507 e. The van der Waals surface area contributed by atoms with E-state index in [0.717, 1.165) is 11.1 Å². The number of rotatable bonds is 11. The van der Waals surface area contributed by atoms with E-state index >= 15 is 0 Å². The maximum Gasteiger partial charge on any atom is 0.246 e. The minimum absolute atomic E-state index is 0.0318. The molecule has 15 heteroatoms. The molecule has 3 atom stereocenters. The summed E-state index contributed by atoms with van der Waals surface area (Å²) in [4.78, 5) is 60.2. The molecule has 56 heavy (non-hydrogen) atoms. The van der Waals surface area contributed by atoms with Gasteiger partial charge in [0.1, 0.15) is 17.8 Å². The van der Waals surface area contributed by atoms with Crippen LogP contribution in [0.5, 0.6) is 5.75 Å². The van der Waals surface area contributed by atoms with Gasteiger partial charge in [-0.1, -0.05) is 57.2 Å². The predicted octanol–water partition coefficient (Wildman–Crippen LogP) is 3.71. The number of piperazine rings is 1. The smallest absolute Gasteiger partial charge is 0.246 e. The van der Waals surface area contributed by atoms with Gasteiger partial charge < -0.3 is 41.3 Å². The van der Waals surface area contributed by atoms with Crippen LogP contribution in [-0.4, -0.2) is 105 Å². The topological polar surface area (TPSA) is 194 Å². The predicted molar refractivity (Wildman–Crippen MR) is 215 cm³/mol. The highest BCUT2D eigenvalue weighted by Crippen LogP contribution is 2.32. The van der Waals surface area contributed by atoms with Crippen molar-refractivity contribution >= 4 is 46.5 Å². The van der Waals surface area contributed by atoms with Crippen LogP contribution in [0.15, 0.2) is 66.0 Å². The largest absolute Gasteiger partial charge is 0.507 e. The zero-order valence-electron chi connectivity index (χ0n) is 32.2. The van der Waals surface area contributed by atoms with Crippen molar-refractivity contribution in [3.05, 3.63) is 77.2 Å². The fourth-order valence-corrected chi connectivity index (χ4v) is 8.08. The minimum atomic E-state index is -0.996. The number of aromatic hydroxyl groups is 1. The van der Waals surface area contributed by atoms with Crippen molar-refractivity contribution in [2.24, 2.45) is 5.41 Å². The van der Waals surface area contributed by atoms with Crippen LogP contribution < -0.4 is 21.3 Å². The molecule has 4 heterocycles. The summed E-state index contributed by atoms with van der Waals surface area (Å²) in [6, 6.07) is 16.8. The number of thiophene rings is 1. The van der Waals surface area contributed by atoms with E-state index in [1.165, 1.54) is 15.3 Å². The average molecular weight is 783 g/mol. The third kappa shape index (κ3) is 9.28. The van der Waals surface area contributed by atoms with Crippen LogP contribution in [0.1, 0.15) is 51.2 Å². The fourth-order valence-electron chi connectivity index (χ4n) is 7.14. The molecule has 2 aliphatic heterocycles. The van der Waals surface area contributed by atoms with Crippen LogP contribution in [0.25, 0.3) is 21.7 Å².